The Morgan fingerprint density at radius 3 is 2.73 bits per heavy atom. The van der Waals surface area contributed by atoms with Crippen LogP contribution in [0.2, 0.25) is 0 Å². The van der Waals surface area contributed by atoms with Crippen LogP contribution >= 0.6 is 11.6 Å². The van der Waals surface area contributed by atoms with Gasteiger partial charge in [0.15, 0.2) is 11.5 Å². The molecule has 0 radical (unpaired) electrons. The molecule has 0 bridgehead atoms. The van der Waals surface area contributed by atoms with Crippen LogP contribution in [0.25, 0.3) is 0 Å². The average Bonchev–Trinajstić information content (AvgIpc) is 2.29. The average molecular weight is 227 g/mol. The number of hydrogen-bond donors (Lipinski definition) is 0. The highest BCUT2D eigenvalue weighted by Gasteiger charge is 2.12. The maximum absolute atomic E-state index is 5.79. The molecule has 1 heterocycles. The zero-order chi connectivity index (χ0) is 10.7. The Morgan fingerprint density at radius 1 is 1.27 bits per heavy atom. The molecule has 1 aliphatic rings. The van der Waals surface area contributed by atoms with E-state index in [9.17, 15) is 0 Å². The molecule has 1 aromatic carbocycles. The molecule has 2 rings (SSSR count). The lowest BCUT2D eigenvalue weighted by Crippen LogP contribution is -2.15. The normalized spacial score (nSPS) is 16.1. The van der Waals surface area contributed by atoms with Gasteiger partial charge in [0, 0.05) is 5.88 Å². The zero-order valence-electron chi connectivity index (χ0n) is 8.83. The molecule has 3 heteroatoms. The molecule has 0 aromatic heterocycles. The highest BCUT2D eigenvalue weighted by molar-refractivity contribution is 6.18. The number of rotatable bonds is 3. The van der Waals surface area contributed by atoms with Crippen LogP contribution in [0.5, 0.6) is 11.5 Å². The molecule has 0 aliphatic carbocycles. The minimum atomic E-state index is 0.495. The van der Waals surface area contributed by atoms with E-state index >= 15 is 0 Å². The van der Waals surface area contributed by atoms with Crippen molar-refractivity contribution in [2.45, 2.75) is 13.3 Å². The first kappa shape index (κ1) is 10.6. The summed E-state index contributed by atoms with van der Waals surface area (Å²) in [5.41, 5.74) is 1.26. The second-order valence-electron chi connectivity index (χ2n) is 3.94. The van der Waals surface area contributed by atoms with Crippen LogP contribution in [-0.4, -0.2) is 19.1 Å². The summed E-state index contributed by atoms with van der Waals surface area (Å²) in [5, 5.41) is 0. The molecule has 0 N–H and O–H groups in total. The van der Waals surface area contributed by atoms with Gasteiger partial charge in [-0.15, -0.1) is 11.6 Å². The van der Waals surface area contributed by atoms with E-state index in [0.717, 1.165) is 17.9 Å². The van der Waals surface area contributed by atoms with E-state index in [-0.39, 0.29) is 0 Å². The maximum Gasteiger partial charge on any atom is 0.161 e. The predicted octanol–water partition coefficient (Wildman–Crippen LogP) is 2.88. The van der Waals surface area contributed by atoms with Crippen LogP contribution in [0.3, 0.4) is 0 Å². The molecular formula is C12H15ClO2. The van der Waals surface area contributed by atoms with Gasteiger partial charge in [0.1, 0.15) is 13.2 Å². The predicted molar refractivity (Wildman–Crippen MR) is 61.0 cm³/mol. The quantitative estimate of drug-likeness (QED) is 0.738. The van der Waals surface area contributed by atoms with E-state index in [2.05, 4.69) is 19.1 Å². The molecule has 0 saturated heterocycles. The van der Waals surface area contributed by atoms with Gasteiger partial charge in [-0.05, 0) is 30.0 Å². The summed E-state index contributed by atoms with van der Waals surface area (Å²) < 4.78 is 11.0. The van der Waals surface area contributed by atoms with Crippen LogP contribution < -0.4 is 9.47 Å². The lowest BCUT2D eigenvalue weighted by Gasteiger charge is -2.19. The van der Waals surface area contributed by atoms with Gasteiger partial charge < -0.3 is 9.47 Å². The van der Waals surface area contributed by atoms with Crippen molar-refractivity contribution in [2.75, 3.05) is 19.1 Å². The molecule has 1 aromatic rings. The fourth-order valence-corrected chi connectivity index (χ4v) is 1.78. The van der Waals surface area contributed by atoms with Crippen LogP contribution in [0.15, 0.2) is 18.2 Å². The monoisotopic (exact) mass is 226 g/mol. The van der Waals surface area contributed by atoms with Crippen LogP contribution in [-0.2, 0) is 6.42 Å². The Hall–Kier alpha value is -0.890. The molecule has 1 unspecified atom stereocenters. The van der Waals surface area contributed by atoms with Crippen molar-refractivity contribution in [3.05, 3.63) is 23.8 Å². The molecule has 15 heavy (non-hydrogen) atoms. The number of alkyl halides is 1. The fourth-order valence-electron chi connectivity index (χ4n) is 1.67. The summed E-state index contributed by atoms with van der Waals surface area (Å²) in [5.74, 6) is 2.90. The Labute approximate surface area is 95.1 Å². The number of hydrogen-bond acceptors (Lipinski definition) is 2. The zero-order valence-corrected chi connectivity index (χ0v) is 9.59. The van der Waals surface area contributed by atoms with Gasteiger partial charge in [0.25, 0.3) is 0 Å². The third-order valence-corrected chi connectivity index (χ3v) is 2.98. The smallest absolute Gasteiger partial charge is 0.161 e. The van der Waals surface area contributed by atoms with Gasteiger partial charge in [-0.2, -0.15) is 0 Å². The number of ether oxygens (including phenoxy) is 2. The van der Waals surface area contributed by atoms with Crippen molar-refractivity contribution in [1.29, 1.82) is 0 Å². The van der Waals surface area contributed by atoms with Gasteiger partial charge in [-0.25, -0.2) is 0 Å². The first-order valence-corrected chi connectivity index (χ1v) is 5.77. The summed E-state index contributed by atoms with van der Waals surface area (Å²) in [6.45, 7) is 3.43. The summed E-state index contributed by atoms with van der Waals surface area (Å²) in [6, 6.07) is 6.11. The van der Waals surface area contributed by atoms with Gasteiger partial charge >= 0.3 is 0 Å². The molecule has 82 valence electrons. The highest BCUT2D eigenvalue weighted by Crippen LogP contribution is 2.31. The Bertz CT molecular complexity index is 338. The largest absolute Gasteiger partial charge is 0.486 e. The molecule has 0 saturated carbocycles. The van der Waals surface area contributed by atoms with Crippen molar-refractivity contribution >= 4 is 11.6 Å². The Kier molecular flexibility index (Phi) is 3.37. The first-order valence-electron chi connectivity index (χ1n) is 5.24. The third-order valence-electron chi connectivity index (χ3n) is 2.45. The van der Waals surface area contributed by atoms with Crippen LogP contribution in [0, 0.1) is 5.92 Å². The van der Waals surface area contributed by atoms with E-state index < -0.39 is 0 Å². The van der Waals surface area contributed by atoms with E-state index in [4.69, 9.17) is 21.1 Å². The fraction of sp³-hybridized carbons (Fsp3) is 0.500. The van der Waals surface area contributed by atoms with E-state index in [1.54, 1.807) is 0 Å². The SMILES string of the molecule is CC(CCl)Cc1ccc2c(c1)OCCO2. The summed E-state index contributed by atoms with van der Waals surface area (Å²) in [7, 11) is 0. The van der Waals surface area contributed by atoms with Crippen molar-refractivity contribution in [3.8, 4) is 11.5 Å². The minimum absolute atomic E-state index is 0.495. The van der Waals surface area contributed by atoms with Crippen molar-refractivity contribution < 1.29 is 9.47 Å². The second kappa shape index (κ2) is 4.75. The van der Waals surface area contributed by atoms with E-state index in [1.165, 1.54) is 5.56 Å². The lowest BCUT2D eigenvalue weighted by molar-refractivity contribution is 0.171. The topological polar surface area (TPSA) is 18.5 Å². The van der Waals surface area contributed by atoms with E-state index in [1.807, 2.05) is 6.07 Å². The number of benzene rings is 1. The summed E-state index contributed by atoms with van der Waals surface area (Å²) >= 11 is 5.79. The summed E-state index contributed by atoms with van der Waals surface area (Å²) in [6.07, 6.45) is 0.986. The maximum atomic E-state index is 5.79. The molecule has 2 nitrogen and oxygen atoms in total. The molecular weight excluding hydrogens is 212 g/mol. The van der Waals surface area contributed by atoms with Gasteiger partial charge in [0.05, 0.1) is 0 Å². The molecule has 0 amide bonds. The first-order chi connectivity index (χ1) is 7.29. The standard InChI is InChI=1S/C12H15ClO2/c1-9(8-13)6-10-2-3-11-12(7-10)15-5-4-14-11/h2-3,7,9H,4-6,8H2,1H3. The Morgan fingerprint density at radius 2 is 2.00 bits per heavy atom. The molecule has 1 atom stereocenters. The second-order valence-corrected chi connectivity index (χ2v) is 4.25. The highest BCUT2D eigenvalue weighted by atomic mass is 35.5. The van der Waals surface area contributed by atoms with Gasteiger partial charge in [-0.1, -0.05) is 13.0 Å². The number of halogens is 1. The lowest BCUT2D eigenvalue weighted by atomic mass is 10.0. The van der Waals surface area contributed by atoms with Crippen molar-refractivity contribution in [1.82, 2.24) is 0 Å². The number of fused-ring (bicyclic) bond motifs is 1. The third kappa shape index (κ3) is 2.57. The van der Waals surface area contributed by atoms with E-state index in [0.29, 0.717) is 25.0 Å². The molecule has 1 aliphatic heterocycles. The van der Waals surface area contributed by atoms with Gasteiger partial charge in [0.2, 0.25) is 0 Å². The van der Waals surface area contributed by atoms with Crippen LogP contribution in [0.1, 0.15) is 12.5 Å². The van der Waals surface area contributed by atoms with Crippen molar-refractivity contribution in [3.63, 3.8) is 0 Å². The van der Waals surface area contributed by atoms with Crippen LogP contribution in [0.4, 0.5) is 0 Å². The minimum Gasteiger partial charge on any atom is -0.486 e. The molecule has 0 spiro atoms. The van der Waals surface area contributed by atoms with Gasteiger partial charge in [-0.3, -0.25) is 0 Å². The molecule has 0 fully saturated rings. The van der Waals surface area contributed by atoms with Crippen molar-refractivity contribution in [2.24, 2.45) is 5.92 Å². The Balaban J connectivity index is 2.13. The summed E-state index contributed by atoms with van der Waals surface area (Å²) in [4.78, 5) is 0.